The number of benzene rings is 2. The normalized spacial score (nSPS) is 18.6. The van der Waals surface area contributed by atoms with E-state index in [0.29, 0.717) is 44.4 Å². The molecule has 0 aliphatic carbocycles. The molecule has 0 spiro atoms. The van der Waals surface area contributed by atoms with Gasteiger partial charge in [0.15, 0.2) is 17.5 Å². The van der Waals surface area contributed by atoms with Gasteiger partial charge in [-0.1, -0.05) is 38.1 Å². The second-order valence-electron chi connectivity index (χ2n) is 15.1. The van der Waals surface area contributed by atoms with Gasteiger partial charge >= 0.3 is 0 Å². The number of ketones is 1. The van der Waals surface area contributed by atoms with E-state index in [1.165, 1.54) is 4.90 Å². The van der Waals surface area contributed by atoms with Crippen molar-refractivity contribution in [2.75, 3.05) is 49.9 Å². The maximum Gasteiger partial charge on any atom is 0.243 e. The topological polar surface area (TPSA) is 178 Å². The van der Waals surface area contributed by atoms with Gasteiger partial charge in [-0.15, -0.1) is 21.5 Å². The largest absolute Gasteiger partial charge is 0.507 e. The minimum Gasteiger partial charge on any atom is -0.507 e. The van der Waals surface area contributed by atoms with E-state index in [0.717, 1.165) is 27.8 Å². The molecule has 2 saturated heterocycles. The number of aliphatic hydroxyl groups is 1. The maximum atomic E-state index is 14.1. The molecule has 0 radical (unpaired) electrons. The zero-order valence-corrected chi connectivity index (χ0v) is 32.7. The van der Waals surface area contributed by atoms with Crippen molar-refractivity contribution >= 4 is 40.4 Å². The van der Waals surface area contributed by atoms with Crippen molar-refractivity contribution < 1.29 is 33.4 Å². The number of phenolic OH excluding ortho intramolecular Hbond substituents is 1. The third kappa shape index (κ3) is 9.31. The number of aromatic hydroxyl groups is 1. The number of hydrogen-bond acceptors (Lipinski definition) is 12. The van der Waals surface area contributed by atoms with Crippen LogP contribution in [-0.4, -0.2) is 104 Å². The van der Waals surface area contributed by atoms with Gasteiger partial charge in [0.05, 0.1) is 46.2 Å². The first-order chi connectivity index (χ1) is 26.7. The Hall–Kier alpha value is -5.06. The van der Waals surface area contributed by atoms with Crippen LogP contribution in [0.2, 0.25) is 0 Å². The lowest BCUT2D eigenvalue weighted by Crippen LogP contribution is -2.50. The number of rotatable bonds is 13. The Kier molecular flexibility index (Phi) is 12.6. The number of nitrogens with zero attached hydrogens (tertiary/aromatic N) is 6. The van der Waals surface area contributed by atoms with Crippen molar-refractivity contribution in [3.63, 3.8) is 0 Å². The van der Waals surface area contributed by atoms with Gasteiger partial charge in [0.25, 0.3) is 0 Å². The molecule has 0 saturated carbocycles. The summed E-state index contributed by atoms with van der Waals surface area (Å²) in [6.07, 6.45) is -0.295. The van der Waals surface area contributed by atoms with Gasteiger partial charge in [0.1, 0.15) is 17.6 Å². The summed E-state index contributed by atoms with van der Waals surface area (Å²) in [5, 5.41) is 31.8. The van der Waals surface area contributed by atoms with Crippen LogP contribution < -0.4 is 16.0 Å². The first-order valence-corrected chi connectivity index (χ1v) is 19.7. The standard InChI is InChI=1S/C40H48F2N8O5S/c1-22(2)13-27(40(55)50-20-29(52)15-35(50)39(54)45-23(3)25-5-7-26(8-6-25)37-24(4)44-21-56-37)14-28(51)19-48-9-11-49(12-10-48)34-18-33(46-47-38(34)43)30-16-31(41)32(42)17-36(30)53/h5-8,16-18,21-23,27,29,35,52-53H,9-15,19-20H2,1-4H3,(H2,43,47)(H,45,54)/t23-,27+,29+,35-/m0/s1. The minimum absolute atomic E-state index is 0.00243. The van der Waals surface area contributed by atoms with Gasteiger partial charge in [-0.2, -0.15) is 0 Å². The summed E-state index contributed by atoms with van der Waals surface area (Å²) in [6, 6.07) is 9.80. The number of β-amino-alcohol motifs (C(OH)–C–C–N with tert-alkyl or cyclic N) is 1. The van der Waals surface area contributed by atoms with Crippen LogP contribution in [0.1, 0.15) is 57.3 Å². The number of amides is 2. The smallest absolute Gasteiger partial charge is 0.243 e. The molecule has 2 aliphatic heterocycles. The molecule has 2 aromatic heterocycles. The SMILES string of the molecule is Cc1ncsc1-c1ccc([C@H](C)NC(=O)[C@@H]2C[C@@H](O)CN2C(=O)[C@@H](CC(=O)CN2CCN(c3cc(-c4cc(F)c(F)cc4O)nnc3N)CC2)CC(C)C)cc1. The Balaban J connectivity index is 1.05. The summed E-state index contributed by atoms with van der Waals surface area (Å²) in [5.74, 6) is -4.00. The van der Waals surface area contributed by atoms with Gasteiger partial charge in [-0.3, -0.25) is 19.3 Å². The average molecular weight is 791 g/mol. The first-order valence-electron chi connectivity index (χ1n) is 18.8. The molecule has 2 aromatic carbocycles. The number of aliphatic hydroxyl groups excluding tert-OH is 1. The first kappa shape index (κ1) is 40.6. The summed E-state index contributed by atoms with van der Waals surface area (Å²) in [5.41, 5.74) is 11.5. The van der Waals surface area contributed by atoms with E-state index in [1.807, 2.05) is 67.3 Å². The van der Waals surface area contributed by atoms with E-state index in [-0.39, 0.29) is 72.6 Å². The van der Waals surface area contributed by atoms with E-state index in [4.69, 9.17) is 5.73 Å². The molecule has 13 nitrogen and oxygen atoms in total. The van der Waals surface area contributed by atoms with Crippen molar-refractivity contribution in [2.24, 2.45) is 11.8 Å². The number of aromatic nitrogens is 3. The molecule has 2 fully saturated rings. The van der Waals surface area contributed by atoms with Crippen LogP contribution in [0.3, 0.4) is 0 Å². The van der Waals surface area contributed by atoms with E-state index < -0.39 is 35.4 Å². The number of carbonyl (C=O) groups is 3. The molecule has 2 amide bonds. The number of likely N-dealkylation sites (tertiary alicyclic amines) is 1. The molecule has 5 N–H and O–H groups in total. The summed E-state index contributed by atoms with van der Waals surface area (Å²) in [6.45, 7) is 9.88. The van der Waals surface area contributed by atoms with Gasteiger partial charge in [0.2, 0.25) is 11.8 Å². The molecule has 16 heteroatoms. The summed E-state index contributed by atoms with van der Waals surface area (Å²) in [7, 11) is 0. The molecule has 2 aliphatic rings. The predicted molar refractivity (Wildman–Crippen MR) is 210 cm³/mol. The summed E-state index contributed by atoms with van der Waals surface area (Å²) < 4.78 is 27.5. The number of piperazine rings is 1. The zero-order valence-electron chi connectivity index (χ0n) is 31.9. The molecule has 56 heavy (non-hydrogen) atoms. The highest BCUT2D eigenvalue weighted by Gasteiger charge is 2.42. The van der Waals surface area contributed by atoms with Crippen LogP contribution in [0.5, 0.6) is 5.75 Å². The zero-order chi connectivity index (χ0) is 40.3. The van der Waals surface area contributed by atoms with E-state index in [2.05, 4.69) is 20.5 Å². The molecule has 4 heterocycles. The number of carbonyl (C=O) groups excluding carboxylic acids is 3. The predicted octanol–water partition coefficient (Wildman–Crippen LogP) is 4.72. The van der Waals surface area contributed by atoms with Crippen molar-refractivity contribution in [1.82, 2.24) is 30.3 Å². The number of nitrogen functional groups attached to an aromatic ring is 1. The Morgan fingerprint density at radius 2 is 1.71 bits per heavy atom. The highest BCUT2D eigenvalue weighted by atomic mass is 32.1. The highest BCUT2D eigenvalue weighted by Crippen LogP contribution is 2.34. The lowest BCUT2D eigenvalue weighted by molar-refractivity contribution is -0.143. The molecular weight excluding hydrogens is 743 g/mol. The Labute approximate surface area is 328 Å². The van der Waals surface area contributed by atoms with E-state index >= 15 is 0 Å². The quantitative estimate of drug-likeness (QED) is 0.147. The molecule has 298 valence electrons. The molecule has 0 unspecified atom stereocenters. The van der Waals surface area contributed by atoms with E-state index in [9.17, 15) is 33.4 Å². The van der Waals surface area contributed by atoms with Crippen LogP contribution in [0.25, 0.3) is 21.7 Å². The average Bonchev–Trinajstić information content (AvgIpc) is 3.78. The summed E-state index contributed by atoms with van der Waals surface area (Å²) in [4.78, 5) is 52.1. The number of Topliss-reactive ketones (excluding diaryl/α,β-unsaturated/α-hetero) is 1. The molecule has 6 rings (SSSR count). The van der Waals surface area contributed by atoms with Crippen LogP contribution in [0.4, 0.5) is 20.3 Å². The summed E-state index contributed by atoms with van der Waals surface area (Å²) >= 11 is 1.57. The third-order valence-electron chi connectivity index (χ3n) is 10.4. The monoisotopic (exact) mass is 790 g/mol. The van der Waals surface area contributed by atoms with Gasteiger partial charge < -0.3 is 31.1 Å². The number of nitrogens with two attached hydrogens (primary N) is 1. The highest BCUT2D eigenvalue weighted by molar-refractivity contribution is 7.13. The van der Waals surface area contributed by atoms with Crippen molar-refractivity contribution in [3.05, 3.63) is 70.9 Å². The lowest BCUT2D eigenvalue weighted by atomic mass is 9.90. The third-order valence-corrected chi connectivity index (χ3v) is 11.4. The second kappa shape index (κ2) is 17.4. The molecule has 0 bridgehead atoms. The van der Waals surface area contributed by atoms with Crippen LogP contribution in [0, 0.1) is 30.4 Å². The Bertz CT molecular complexity index is 2060. The minimum atomic E-state index is -1.19. The molecular formula is C40H48F2N8O5S. The second-order valence-corrected chi connectivity index (χ2v) is 16.0. The fraction of sp³-hybridized carbons (Fsp3) is 0.450. The van der Waals surface area contributed by atoms with Gasteiger partial charge in [0, 0.05) is 63.1 Å². The Morgan fingerprint density at radius 1 is 1.02 bits per heavy atom. The Morgan fingerprint density at radius 3 is 2.38 bits per heavy atom. The van der Waals surface area contributed by atoms with Gasteiger partial charge in [-0.25, -0.2) is 13.8 Å². The lowest BCUT2D eigenvalue weighted by Gasteiger charge is -2.36. The fourth-order valence-electron chi connectivity index (χ4n) is 7.53. The maximum absolute atomic E-state index is 14.1. The number of phenols is 1. The number of halogens is 2. The number of aryl methyl sites for hydroxylation is 1. The molecule has 4 atom stereocenters. The van der Waals surface area contributed by atoms with Crippen molar-refractivity contribution in [2.45, 2.75) is 65.1 Å². The number of nitrogens with one attached hydrogen (secondary N) is 1. The van der Waals surface area contributed by atoms with Crippen molar-refractivity contribution in [3.8, 4) is 27.4 Å². The van der Waals surface area contributed by atoms with Crippen molar-refractivity contribution in [1.29, 1.82) is 0 Å². The fourth-order valence-corrected chi connectivity index (χ4v) is 8.34. The van der Waals surface area contributed by atoms with Crippen LogP contribution in [0.15, 0.2) is 48.0 Å². The van der Waals surface area contributed by atoms with Crippen LogP contribution in [-0.2, 0) is 14.4 Å². The molecule has 4 aromatic rings. The number of hydrogen-bond donors (Lipinski definition) is 4. The van der Waals surface area contributed by atoms with Gasteiger partial charge in [-0.05, 0) is 49.4 Å². The van der Waals surface area contributed by atoms with Crippen LogP contribution >= 0.6 is 11.3 Å². The number of thiazole rings is 1. The number of anilines is 2. The van der Waals surface area contributed by atoms with E-state index in [1.54, 1.807) is 17.4 Å².